The lowest BCUT2D eigenvalue weighted by molar-refractivity contribution is 0.673. The number of rotatable bonds is 9. The Balaban J connectivity index is 1.07. The number of para-hydroxylation sites is 2. The summed E-state index contributed by atoms with van der Waals surface area (Å²) in [4.78, 5) is 4.72. The van der Waals surface area contributed by atoms with Gasteiger partial charge >= 0.3 is 0 Å². The van der Waals surface area contributed by atoms with Crippen LogP contribution in [-0.4, -0.2) is 0 Å². The van der Waals surface area contributed by atoms with E-state index in [0.29, 0.717) is 0 Å². The molecule has 0 saturated carbocycles. The Morgan fingerprint density at radius 3 is 1.34 bits per heavy atom. The summed E-state index contributed by atoms with van der Waals surface area (Å²) in [5.41, 5.74) is 15.0. The van der Waals surface area contributed by atoms with Crippen LogP contribution in [0.5, 0.6) is 0 Å². The summed E-state index contributed by atoms with van der Waals surface area (Å²) in [6.07, 6.45) is 0. The average molecular weight is 831 g/mol. The second-order valence-corrected chi connectivity index (χ2v) is 16.5. The van der Waals surface area contributed by atoms with Crippen molar-refractivity contribution in [2.75, 3.05) is 9.80 Å². The van der Waals surface area contributed by atoms with E-state index in [-0.39, 0.29) is 0 Å². The minimum atomic E-state index is 0.813. The van der Waals surface area contributed by atoms with E-state index in [9.17, 15) is 0 Å². The van der Waals surface area contributed by atoms with E-state index in [1.807, 2.05) is 0 Å². The number of furan rings is 1. The summed E-state index contributed by atoms with van der Waals surface area (Å²) in [7, 11) is 0. The molecule has 0 radical (unpaired) electrons. The second kappa shape index (κ2) is 16.2. The molecule has 0 N–H and O–H groups in total. The fraction of sp³-hybridized carbons (Fsp3) is 0. The molecule has 12 aromatic rings. The third-order valence-corrected chi connectivity index (χ3v) is 12.6. The number of anilines is 6. The van der Waals surface area contributed by atoms with E-state index < -0.39 is 0 Å². The number of hydrogen-bond acceptors (Lipinski definition) is 3. The van der Waals surface area contributed by atoms with Gasteiger partial charge in [0.2, 0.25) is 0 Å². The SMILES string of the molecule is c1ccc(-c2ccc(N(c3ccccc3)c3cc(N(c4ccccc4)c4ccc(-c5ccc(-c6ccccc6)c6ccccc56)cc4)c4c(c3)oc3c5ccccc5ccc34)cc2)cc1. The van der Waals surface area contributed by atoms with Gasteiger partial charge in [-0.2, -0.15) is 0 Å². The van der Waals surface area contributed by atoms with Gasteiger partial charge < -0.3 is 14.2 Å². The molecule has 306 valence electrons. The molecule has 1 aromatic heterocycles. The first-order chi connectivity index (χ1) is 32.2. The molecule has 0 spiro atoms. The molecule has 0 bridgehead atoms. The standard InChI is InChI=1S/C62H42N2O/c1-5-17-43(18-6-1)44-29-34-50(35-30-44)63(48-22-9-3-10-23-48)52-41-59(61-58-38-33-46-21-13-14-26-55(46)62(58)65-60(61)42-52)64(49-24-11-4-12-25-49)51-36-31-47(32-37-51)54-40-39-53(45-19-7-2-8-20-45)56-27-15-16-28-57(54)56/h1-42H. The van der Waals surface area contributed by atoms with E-state index in [1.54, 1.807) is 0 Å². The number of nitrogens with zero attached hydrogens (tertiary/aromatic N) is 2. The molecule has 65 heavy (non-hydrogen) atoms. The molecule has 12 rings (SSSR count). The monoisotopic (exact) mass is 830 g/mol. The van der Waals surface area contributed by atoms with Crippen molar-refractivity contribution < 1.29 is 4.42 Å². The van der Waals surface area contributed by atoms with Crippen LogP contribution < -0.4 is 9.80 Å². The van der Waals surface area contributed by atoms with Gasteiger partial charge in [-0.1, -0.05) is 188 Å². The Labute approximate surface area is 378 Å². The zero-order valence-electron chi connectivity index (χ0n) is 35.6. The van der Waals surface area contributed by atoms with Crippen molar-refractivity contribution in [3.8, 4) is 33.4 Å². The van der Waals surface area contributed by atoms with Crippen LogP contribution in [0.3, 0.4) is 0 Å². The lowest BCUT2D eigenvalue weighted by Crippen LogP contribution is -2.13. The minimum absolute atomic E-state index is 0.813. The Morgan fingerprint density at radius 1 is 0.277 bits per heavy atom. The number of hydrogen-bond donors (Lipinski definition) is 0. The van der Waals surface area contributed by atoms with E-state index in [0.717, 1.165) is 72.4 Å². The Hall–Kier alpha value is -8.66. The van der Waals surface area contributed by atoms with E-state index in [2.05, 4.69) is 265 Å². The summed E-state index contributed by atoms with van der Waals surface area (Å²) < 4.78 is 7.07. The molecule has 0 unspecified atom stereocenters. The third-order valence-electron chi connectivity index (χ3n) is 12.6. The molecule has 0 aliphatic carbocycles. The van der Waals surface area contributed by atoms with E-state index in [4.69, 9.17) is 4.42 Å². The maximum absolute atomic E-state index is 7.07. The van der Waals surface area contributed by atoms with Crippen LogP contribution in [0.4, 0.5) is 34.1 Å². The lowest BCUT2D eigenvalue weighted by Gasteiger charge is -2.30. The van der Waals surface area contributed by atoms with E-state index >= 15 is 0 Å². The van der Waals surface area contributed by atoms with Gasteiger partial charge in [0, 0.05) is 39.6 Å². The quantitative estimate of drug-likeness (QED) is 0.144. The smallest absolute Gasteiger partial charge is 0.143 e. The predicted octanol–water partition coefficient (Wildman–Crippen LogP) is 17.8. The summed E-state index contributed by atoms with van der Waals surface area (Å²) in [5.74, 6) is 0. The highest BCUT2D eigenvalue weighted by Gasteiger charge is 2.25. The van der Waals surface area contributed by atoms with Gasteiger partial charge in [-0.15, -0.1) is 0 Å². The molecular weight excluding hydrogens is 789 g/mol. The molecule has 3 heteroatoms. The fourth-order valence-electron chi connectivity index (χ4n) is 9.58. The van der Waals surface area contributed by atoms with Crippen molar-refractivity contribution in [2.24, 2.45) is 0 Å². The van der Waals surface area contributed by atoms with Gasteiger partial charge in [0.05, 0.1) is 16.8 Å². The summed E-state index contributed by atoms with van der Waals surface area (Å²) in [6.45, 7) is 0. The van der Waals surface area contributed by atoms with Crippen LogP contribution in [0.25, 0.3) is 76.9 Å². The number of fused-ring (bicyclic) bond motifs is 6. The molecule has 3 nitrogen and oxygen atoms in total. The third kappa shape index (κ3) is 6.87. The maximum Gasteiger partial charge on any atom is 0.143 e. The first-order valence-corrected chi connectivity index (χ1v) is 22.2. The molecule has 0 saturated heterocycles. The van der Waals surface area contributed by atoms with Gasteiger partial charge in [-0.05, 0) is 110 Å². The van der Waals surface area contributed by atoms with Crippen LogP contribution in [0.2, 0.25) is 0 Å². The van der Waals surface area contributed by atoms with Gasteiger partial charge in [0.25, 0.3) is 0 Å². The Morgan fingerprint density at radius 2 is 0.723 bits per heavy atom. The van der Waals surface area contributed by atoms with Crippen molar-refractivity contribution in [1.29, 1.82) is 0 Å². The van der Waals surface area contributed by atoms with Gasteiger partial charge in [0.1, 0.15) is 11.2 Å². The summed E-state index contributed by atoms with van der Waals surface area (Å²) >= 11 is 0. The molecule has 0 aliphatic heterocycles. The maximum atomic E-state index is 7.07. The van der Waals surface area contributed by atoms with Crippen LogP contribution in [0.1, 0.15) is 0 Å². The average Bonchev–Trinajstić information content (AvgIpc) is 3.77. The zero-order valence-corrected chi connectivity index (χ0v) is 35.6. The predicted molar refractivity (Wildman–Crippen MR) is 274 cm³/mol. The highest BCUT2D eigenvalue weighted by atomic mass is 16.3. The van der Waals surface area contributed by atoms with Crippen molar-refractivity contribution in [2.45, 2.75) is 0 Å². The van der Waals surface area contributed by atoms with Crippen LogP contribution in [0, 0.1) is 0 Å². The van der Waals surface area contributed by atoms with Crippen molar-refractivity contribution in [1.82, 2.24) is 0 Å². The molecular formula is C62H42N2O. The van der Waals surface area contributed by atoms with Gasteiger partial charge in [-0.3, -0.25) is 0 Å². The highest BCUT2D eigenvalue weighted by Crippen LogP contribution is 2.49. The molecule has 1 heterocycles. The molecule has 0 amide bonds. The summed E-state index contributed by atoms with van der Waals surface area (Å²) in [6, 6.07) is 91.2. The number of benzene rings is 11. The van der Waals surface area contributed by atoms with Gasteiger partial charge in [-0.25, -0.2) is 0 Å². The Bertz CT molecular complexity index is 3620. The van der Waals surface area contributed by atoms with E-state index in [1.165, 1.54) is 38.6 Å². The molecule has 0 atom stereocenters. The normalized spacial score (nSPS) is 11.4. The molecule has 11 aromatic carbocycles. The Kier molecular flexibility index (Phi) is 9.50. The van der Waals surface area contributed by atoms with Gasteiger partial charge in [0.15, 0.2) is 0 Å². The fourth-order valence-corrected chi connectivity index (χ4v) is 9.58. The first kappa shape index (κ1) is 38.0. The topological polar surface area (TPSA) is 19.6 Å². The van der Waals surface area contributed by atoms with Crippen LogP contribution in [-0.2, 0) is 0 Å². The second-order valence-electron chi connectivity index (χ2n) is 16.5. The highest BCUT2D eigenvalue weighted by molar-refractivity contribution is 6.20. The van der Waals surface area contributed by atoms with Crippen molar-refractivity contribution in [3.05, 3.63) is 255 Å². The van der Waals surface area contributed by atoms with Crippen molar-refractivity contribution in [3.63, 3.8) is 0 Å². The molecule has 0 fully saturated rings. The van der Waals surface area contributed by atoms with Crippen LogP contribution >= 0.6 is 0 Å². The zero-order chi connectivity index (χ0) is 43.1. The largest absolute Gasteiger partial charge is 0.455 e. The van der Waals surface area contributed by atoms with Crippen LogP contribution in [0.15, 0.2) is 259 Å². The van der Waals surface area contributed by atoms with Crippen molar-refractivity contribution >= 4 is 77.6 Å². The minimum Gasteiger partial charge on any atom is -0.455 e. The first-order valence-electron chi connectivity index (χ1n) is 22.2. The lowest BCUT2D eigenvalue weighted by atomic mass is 9.92. The molecule has 0 aliphatic rings. The summed E-state index contributed by atoms with van der Waals surface area (Å²) in [5, 5.41) is 6.82.